The molecule has 0 radical (unpaired) electrons. The SMILES string of the molecule is CCCCc1ccccc1CNCCC(=O)c1ccc(Br)s1. The van der Waals surface area contributed by atoms with E-state index >= 15 is 0 Å². The van der Waals surface area contributed by atoms with Gasteiger partial charge in [-0.05, 0) is 52.0 Å². The van der Waals surface area contributed by atoms with Gasteiger partial charge in [0.25, 0.3) is 0 Å². The first-order valence-corrected chi connectivity index (χ1v) is 9.37. The minimum absolute atomic E-state index is 0.211. The van der Waals surface area contributed by atoms with E-state index in [0.717, 1.165) is 28.2 Å². The lowest BCUT2D eigenvalue weighted by atomic mass is 10.0. The fraction of sp³-hybridized carbons (Fsp3) is 0.389. The quantitative estimate of drug-likeness (QED) is 0.478. The predicted molar refractivity (Wildman–Crippen MR) is 97.7 cm³/mol. The van der Waals surface area contributed by atoms with Crippen molar-refractivity contribution in [2.75, 3.05) is 6.54 Å². The summed E-state index contributed by atoms with van der Waals surface area (Å²) in [6, 6.07) is 12.4. The topological polar surface area (TPSA) is 29.1 Å². The number of hydrogen-bond donors (Lipinski definition) is 1. The molecule has 118 valence electrons. The van der Waals surface area contributed by atoms with Crippen LogP contribution in [0.25, 0.3) is 0 Å². The number of rotatable bonds is 9. The number of aryl methyl sites for hydroxylation is 1. The molecule has 0 aliphatic carbocycles. The molecule has 2 rings (SSSR count). The highest BCUT2D eigenvalue weighted by Gasteiger charge is 2.08. The van der Waals surface area contributed by atoms with E-state index in [4.69, 9.17) is 0 Å². The van der Waals surface area contributed by atoms with Crippen LogP contribution in [0.2, 0.25) is 0 Å². The second-order valence-electron chi connectivity index (χ2n) is 5.33. The predicted octanol–water partition coefficient (Wildman–Crippen LogP) is 5.22. The Morgan fingerprint density at radius 3 is 2.64 bits per heavy atom. The zero-order chi connectivity index (χ0) is 15.8. The van der Waals surface area contributed by atoms with Crippen molar-refractivity contribution in [3.05, 3.63) is 56.2 Å². The maximum Gasteiger partial charge on any atom is 0.174 e. The van der Waals surface area contributed by atoms with Crippen LogP contribution in [0, 0.1) is 0 Å². The van der Waals surface area contributed by atoms with Crippen molar-refractivity contribution in [2.45, 2.75) is 39.2 Å². The van der Waals surface area contributed by atoms with Gasteiger partial charge in [0.2, 0.25) is 0 Å². The van der Waals surface area contributed by atoms with Crippen LogP contribution in [-0.2, 0) is 13.0 Å². The Labute approximate surface area is 145 Å². The fourth-order valence-electron chi connectivity index (χ4n) is 2.35. The van der Waals surface area contributed by atoms with E-state index in [-0.39, 0.29) is 5.78 Å². The Bertz CT molecular complexity index is 609. The average Bonchev–Trinajstić information content (AvgIpc) is 2.97. The molecule has 0 saturated heterocycles. The lowest BCUT2D eigenvalue weighted by Crippen LogP contribution is -2.18. The van der Waals surface area contributed by atoms with E-state index in [1.54, 1.807) is 0 Å². The number of benzene rings is 1. The molecule has 0 unspecified atom stereocenters. The lowest BCUT2D eigenvalue weighted by Gasteiger charge is -2.10. The second-order valence-corrected chi connectivity index (χ2v) is 7.79. The Morgan fingerprint density at radius 1 is 1.18 bits per heavy atom. The third kappa shape index (κ3) is 5.34. The van der Waals surface area contributed by atoms with E-state index in [9.17, 15) is 4.79 Å². The standard InChI is InChI=1S/C18H22BrNOS/c1-2-3-6-14-7-4-5-8-15(14)13-20-12-11-16(21)17-9-10-18(19)22-17/h4-5,7-10,20H,2-3,6,11-13H2,1H3. The van der Waals surface area contributed by atoms with Crippen molar-refractivity contribution < 1.29 is 4.79 Å². The molecule has 1 N–H and O–H groups in total. The minimum Gasteiger partial charge on any atom is -0.312 e. The Kier molecular flexibility index (Phi) is 7.30. The molecule has 0 saturated carbocycles. The van der Waals surface area contributed by atoms with Crippen LogP contribution in [0.3, 0.4) is 0 Å². The van der Waals surface area contributed by atoms with Crippen LogP contribution >= 0.6 is 27.3 Å². The molecule has 0 aliphatic heterocycles. The minimum atomic E-state index is 0.211. The Balaban J connectivity index is 1.78. The van der Waals surface area contributed by atoms with Gasteiger partial charge < -0.3 is 5.32 Å². The zero-order valence-electron chi connectivity index (χ0n) is 12.9. The number of unbranched alkanes of at least 4 members (excludes halogenated alkanes) is 1. The summed E-state index contributed by atoms with van der Waals surface area (Å²) in [5, 5.41) is 3.40. The lowest BCUT2D eigenvalue weighted by molar-refractivity contribution is 0.0986. The van der Waals surface area contributed by atoms with Crippen molar-refractivity contribution in [3.8, 4) is 0 Å². The summed E-state index contributed by atoms with van der Waals surface area (Å²) < 4.78 is 1.01. The van der Waals surface area contributed by atoms with Crippen molar-refractivity contribution in [1.82, 2.24) is 5.32 Å². The summed E-state index contributed by atoms with van der Waals surface area (Å²) in [5.41, 5.74) is 2.77. The first-order chi connectivity index (χ1) is 10.7. The molecule has 1 aromatic heterocycles. The van der Waals surface area contributed by atoms with Crippen molar-refractivity contribution in [3.63, 3.8) is 0 Å². The van der Waals surface area contributed by atoms with Gasteiger partial charge in [0.05, 0.1) is 8.66 Å². The molecule has 0 spiro atoms. The van der Waals surface area contributed by atoms with Crippen LogP contribution in [-0.4, -0.2) is 12.3 Å². The molecular formula is C18H22BrNOS. The zero-order valence-corrected chi connectivity index (χ0v) is 15.3. The molecule has 1 aromatic carbocycles. The molecule has 1 heterocycles. The van der Waals surface area contributed by atoms with E-state index < -0.39 is 0 Å². The molecule has 0 bridgehead atoms. The highest BCUT2D eigenvalue weighted by atomic mass is 79.9. The molecular weight excluding hydrogens is 358 g/mol. The van der Waals surface area contributed by atoms with Crippen LogP contribution in [0.5, 0.6) is 0 Å². The van der Waals surface area contributed by atoms with Gasteiger partial charge in [-0.1, -0.05) is 37.6 Å². The van der Waals surface area contributed by atoms with Crippen LogP contribution in [0.4, 0.5) is 0 Å². The van der Waals surface area contributed by atoms with E-state index in [1.807, 2.05) is 12.1 Å². The van der Waals surface area contributed by atoms with E-state index in [1.165, 1.54) is 35.3 Å². The van der Waals surface area contributed by atoms with Gasteiger partial charge in [-0.25, -0.2) is 0 Å². The van der Waals surface area contributed by atoms with Crippen molar-refractivity contribution in [2.24, 2.45) is 0 Å². The van der Waals surface area contributed by atoms with E-state index in [2.05, 4.69) is 52.4 Å². The number of carbonyl (C=O) groups is 1. The summed E-state index contributed by atoms with van der Waals surface area (Å²) in [6.45, 7) is 3.77. The van der Waals surface area contributed by atoms with Gasteiger partial charge in [-0.2, -0.15) is 0 Å². The third-order valence-corrected chi connectivity index (χ3v) is 5.28. The summed E-state index contributed by atoms with van der Waals surface area (Å²) in [4.78, 5) is 12.9. The maximum atomic E-state index is 12.0. The van der Waals surface area contributed by atoms with Crippen LogP contribution in [0.1, 0.15) is 47.0 Å². The molecule has 0 fully saturated rings. The largest absolute Gasteiger partial charge is 0.312 e. The molecule has 0 atom stereocenters. The highest BCUT2D eigenvalue weighted by molar-refractivity contribution is 9.11. The average molecular weight is 380 g/mol. The molecule has 0 amide bonds. The maximum absolute atomic E-state index is 12.0. The number of Topliss-reactive ketones (excluding diaryl/α,β-unsaturated/α-hetero) is 1. The molecule has 4 heteroatoms. The van der Waals surface area contributed by atoms with Gasteiger partial charge in [-0.3, -0.25) is 4.79 Å². The molecule has 22 heavy (non-hydrogen) atoms. The summed E-state index contributed by atoms with van der Waals surface area (Å²) in [7, 11) is 0. The number of thiophene rings is 1. The van der Waals surface area contributed by atoms with Crippen molar-refractivity contribution >= 4 is 33.0 Å². The number of hydrogen-bond acceptors (Lipinski definition) is 3. The second kappa shape index (κ2) is 9.23. The third-order valence-electron chi connectivity index (χ3n) is 3.61. The highest BCUT2D eigenvalue weighted by Crippen LogP contribution is 2.23. The summed E-state index contributed by atoms with van der Waals surface area (Å²) in [6.07, 6.45) is 4.12. The first-order valence-electron chi connectivity index (χ1n) is 7.76. The molecule has 0 aliphatic rings. The smallest absolute Gasteiger partial charge is 0.174 e. The Hall–Kier alpha value is -0.970. The summed E-state index contributed by atoms with van der Waals surface area (Å²) in [5.74, 6) is 0.211. The van der Waals surface area contributed by atoms with Gasteiger partial charge >= 0.3 is 0 Å². The van der Waals surface area contributed by atoms with Gasteiger partial charge in [0.15, 0.2) is 5.78 Å². The van der Waals surface area contributed by atoms with E-state index in [0.29, 0.717) is 6.42 Å². The fourth-order valence-corrected chi connectivity index (χ4v) is 3.71. The molecule has 2 aromatic rings. The van der Waals surface area contributed by atoms with Gasteiger partial charge in [-0.15, -0.1) is 11.3 Å². The van der Waals surface area contributed by atoms with Crippen LogP contribution < -0.4 is 5.32 Å². The Morgan fingerprint density at radius 2 is 1.95 bits per heavy atom. The normalized spacial score (nSPS) is 10.8. The number of nitrogens with one attached hydrogen (secondary N) is 1. The molecule has 2 nitrogen and oxygen atoms in total. The number of halogens is 1. The van der Waals surface area contributed by atoms with Crippen LogP contribution in [0.15, 0.2) is 40.2 Å². The van der Waals surface area contributed by atoms with Gasteiger partial charge in [0, 0.05) is 19.5 Å². The number of ketones is 1. The summed E-state index contributed by atoms with van der Waals surface area (Å²) >= 11 is 4.89. The number of carbonyl (C=O) groups excluding carboxylic acids is 1. The monoisotopic (exact) mass is 379 g/mol. The van der Waals surface area contributed by atoms with Gasteiger partial charge in [0.1, 0.15) is 0 Å². The van der Waals surface area contributed by atoms with Crippen molar-refractivity contribution in [1.29, 1.82) is 0 Å². The first kappa shape index (κ1) is 17.4.